The maximum absolute atomic E-state index is 12.2. The molecule has 6 nitrogen and oxygen atoms in total. The zero-order chi connectivity index (χ0) is 15.4. The standard InChI is InChI=1S/C15H11NO5/c17-14(18)9-11-6-7-12(8-13(11)16(20)21)15(19)10-4-2-1-3-5-10/h1-8H,9H2,(H,17,18). The maximum Gasteiger partial charge on any atom is 0.308 e. The molecule has 106 valence electrons. The second-order valence-electron chi connectivity index (χ2n) is 4.37. The van der Waals surface area contributed by atoms with Crippen LogP contribution in [0.4, 0.5) is 5.69 Å². The molecule has 2 rings (SSSR count). The van der Waals surface area contributed by atoms with E-state index in [0.717, 1.165) is 6.07 Å². The Labute approximate surface area is 119 Å². The molecule has 2 aromatic carbocycles. The smallest absolute Gasteiger partial charge is 0.308 e. The number of carboxylic acid groups (broad SMARTS) is 1. The van der Waals surface area contributed by atoms with Gasteiger partial charge in [-0.3, -0.25) is 19.7 Å². The van der Waals surface area contributed by atoms with Crippen LogP contribution in [0.2, 0.25) is 0 Å². The number of hydrogen-bond acceptors (Lipinski definition) is 4. The Bertz CT molecular complexity index is 709. The van der Waals surface area contributed by atoms with Gasteiger partial charge in [-0.1, -0.05) is 42.5 Å². The number of carbonyl (C=O) groups excluding carboxylic acids is 1. The first kappa shape index (κ1) is 14.4. The molecule has 0 bridgehead atoms. The summed E-state index contributed by atoms with van der Waals surface area (Å²) < 4.78 is 0. The van der Waals surface area contributed by atoms with Gasteiger partial charge >= 0.3 is 5.97 Å². The summed E-state index contributed by atoms with van der Waals surface area (Å²) in [6, 6.07) is 12.2. The molecule has 0 spiro atoms. The first-order valence-electron chi connectivity index (χ1n) is 6.08. The fourth-order valence-electron chi connectivity index (χ4n) is 1.94. The van der Waals surface area contributed by atoms with Crippen molar-refractivity contribution in [2.75, 3.05) is 0 Å². The summed E-state index contributed by atoms with van der Waals surface area (Å²) in [5, 5.41) is 19.8. The summed E-state index contributed by atoms with van der Waals surface area (Å²) in [6.45, 7) is 0. The number of aliphatic carboxylic acids is 1. The van der Waals surface area contributed by atoms with E-state index in [9.17, 15) is 19.7 Å². The highest BCUT2D eigenvalue weighted by Gasteiger charge is 2.19. The molecule has 6 heteroatoms. The van der Waals surface area contributed by atoms with Gasteiger partial charge in [-0.15, -0.1) is 0 Å². The van der Waals surface area contributed by atoms with E-state index >= 15 is 0 Å². The molecule has 0 saturated heterocycles. The van der Waals surface area contributed by atoms with E-state index in [2.05, 4.69) is 0 Å². The minimum atomic E-state index is -1.17. The Morgan fingerprint density at radius 1 is 1.05 bits per heavy atom. The zero-order valence-corrected chi connectivity index (χ0v) is 10.9. The number of nitrogens with zero attached hydrogens (tertiary/aromatic N) is 1. The molecule has 0 aliphatic carbocycles. The normalized spacial score (nSPS) is 10.1. The molecule has 0 aromatic heterocycles. The fraction of sp³-hybridized carbons (Fsp3) is 0.0667. The van der Waals surface area contributed by atoms with Crippen LogP contribution in [0.15, 0.2) is 48.5 Å². The van der Waals surface area contributed by atoms with Crippen LogP contribution in [0.3, 0.4) is 0 Å². The van der Waals surface area contributed by atoms with Gasteiger partial charge < -0.3 is 5.11 Å². The van der Waals surface area contributed by atoms with Crippen LogP contribution >= 0.6 is 0 Å². The number of nitro groups is 1. The molecule has 0 saturated carbocycles. The molecular formula is C15H11NO5. The summed E-state index contributed by atoms with van der Waals surface area (Å²) in [5.41, 5.74) is 0.274. The molecule has 0 fully saturated rings. The van der Waals surface area contributed by atoms with Crippen LogP contribution in [0.25, 0.3) is 0 Å². The Hall–Kier alpha value is -3.02. The molecule has 0 aliphatic heterocycles. The van der Waals surface area contributed by atoms with E-state index in [1.54, 1.807) is 30.3 Å². The van der Waals surface area contributed by atoms with Gasteiger partial charge in [0.1, 0.15) is 0 Å². The van der Waals surface area contributed by atoms with Gasteiger partial charge in [-0.25, -0.2) is 0 Å². The third-order valence-corrected chi connectivity index (χ3v) is 2.92. The highest BCUT2D eigenvalue weighted by molar-refractivity contribution is 6.09. The van der Waals surface area contributed by atoms with Crippen molar-refractivity contribution in [2.24, 2.45) is 0 Å². The van der Waals surface area contributed by atoms with Crippen LogP contribution in [0.1, 0.15) is 21.5 Å². The Balaban J connectivity index is 2.43. The quantitative estimate of drug-likeness (QED) is 0.517. The van der Waals surface area contributed by atoms with E-state index in [1.807, 2.05) is 0 Å². The van der Waals surface area contributed by atoms with E-state index in [4.69, 9.17) is 5.11 Å². The monoisotopic (exact) mass is 285 g/mol. The van der Waals surface area contributed by atoms with Gasteiger partial charge in [0.15, 0.2) is 5.78 Å². The van der Waals surface area contributed by atoms with Crippen LogP contribution in [-0.4, -0.2) is 21.8 Å². The van der Waals surface area contributed by atoms with E-state index in [1.165, 1.54) is 12.1 Å². The van der Waals surface area contributed by atoms with Crippen molar-refractivity contribution in [1.29, 1.82) is 0 Å². The van der Waals surface area contributed by atoms with E-state index in [0.29, 0.717) is 5.56 Å². The van der Waals surface area contributed by atoms with Crippen molar-refractivity contribution in [1.82, 2.24) is 0 Å². The van der Waals surface area contributed by atoms with E-state index < -0.39 is 17.3 Å². The summed E-state index contributed by atoms with van der Waals surface area (Å²) in [7, 11) is 0. The highest BCUT2D eigenvalue weighted by atomic mass is 16.6. The lowest BCUT2D eigenvalue weighted by atomic mass is 10.00. The predicted molar refractivity (Wildman–Crippen MR) is 74.3 cm³/mol. The maximum atomic E-state index is 12.2. The van der Waals surface area contributed by atoms with Gasteiger partial charge in [0.2, 0.25) is 0 Å². The van der Waals surface area contributed by atoms with Gasteiger partial charge in [-0.05, 0) is 0 Å². The topological polar surface area (TPSA) is 97.5 Å². The fourth-order valence-corrected chi connectivity index (χ4v) is 1.94. The minimum absolute atomic E-state index is 0.0668. The molecule has 0 radical (unpaired) electrons. The SMILES string of the molecule is O=C(O)Cc1ccc(C(=O)c2ccccc2)cc1[N+](=O)[O-]. The molecule has 1 N–H and O–H groups in total. The average Bonchev–Trinajstić information content (AvgIpc) is 2.47. The number of benzene rings is 2. The summed E-state index contributed by atoms with van der Waals surface area (Å²) in [5.74, 6) is -1.51. The van der Waals surface area contributed by atoms with E-state index in [-0.39, 0.29) is 22.6 Å². The lowest BCUT2D eigenvalue weighted by molar-refractivity contribution is -0.385. The number of carbonyl (C=O) groups is 2. The lowest BCUT2D eigenvalue weighted by Crippen LogP contribution is -2.07. The molecule has 0 atom stereocenters. The first-order valence-corrected chi connectivity index (χ1v) is 6.08. The molecule has 2 aromatic rings. The molecule has 0 aliphatic rings. The highest BCUT2D eigenvalue weighted by Crippen LogP contribution is 2.22. The number of ketones is 1. The number of hydrogen-bond donors (Lipinski definition) is 1. The van der Waals surface area contributed by atoms with Crippen molar-refractivity contribution in [3.63, 3.8) is 0 Å². The second kappa shape index (κ2) is 5.96. The van der Waals surface area contributed by atoms with Crippen molar-refractivity contribution in [3.8, 4) is 0 Å². The van der Waals surface area contributed by atoms with Gasteiger partial charge in [0.25, 0.3) is 5.69 Å². The van der Waals surface area contributed by atoms with Gasteiger partial charge in [0.05, 0.1) is 11.3 Å². The van der Waals surface area contributed by atoms with Crippen LogP contribution in [-0.2, 0) is 11.2 Å². The number of carboxylic acids is 1. The third kappa shape index (κ3) is 3.30. The molecule has 21 heavy (non-hydrogen) atoms. The van der Waals surface area contributed by atoms with Crippen LogP contribution in [0, 0.1) is 10.1 Å². The number of nitro benzene ring substituents is 1. The Kier molecular flexibility index (Phi) is 4.08. The predicted octanol–water partition coefficient (Wildman–Crippen LogP) is 2.45. The van der Waals surface area contributed by atoms with Gasteiger partial charge in [0, 0.05) is 22.8 Å². The summed E-state index contributed by atoms with van der Waals surface area (Å²) in [6.07, 6.45) is -0.462. The van der Waals surface area contributed by atoms with Gasteiger partial charge in [-0.2, -0.15) is 0 Å². The van der Waals surface area contributed by atoms with Crippen LogP contribution in [0.5, 0.6) is 0 Å². The molecule has 0 unspecified atom stereocenters. The largest absolute Gasteiger partial charge is 0.481 e. The summed E-state index contributed by atoms with van der Waals surface area (Å²) >= 11 is 0. The average molecular weight is 285 g/mol. The lowest BCUT2D eigenvalue weighted by Gasteiger charge is -2.04. The van der Waals surface area contributed by atoms with Crippen molar-refractivity contribution < 1.29 is 19.6 Å². The minimum Gasteiger partial charge on any atom is -0.481 e. The van der Waals surface area contributed by atoms with Crippen molar-refractivity contribution in [3.05, 3.63) is 75.3 Å². The zero-order valence-electron chi connectivity index (χ0n) is 10.9. The molecule has 0 heterocycles. The Morgan fingerprint density at radius 2 is 1.71 bits per heavy atom. The second-order valence-corrected chi connectivity index (χ2v) is 4.37. The first-order chi connectivity index (χ1) is 9.99. The molecular weight excluding hydrogens is 274 g/mol. The summed E-state index contributed by atoms with van der Waals surface area (Å²) in [4.78, 5) is 33.2. The van der Waals surface area contributed by atoms with Crippen LogP contribution < -0.4 is 0 Å². The Morgan fingerprint density at radius 3 is 2.29 bits per heavy atom. The third-order valence-electron chi connectivity index (χ3n) is 2.92. The molecule has 0 amide bonds. The van der Waals surface area contributed by atoms with Crippen molar-refractivity contribution >= 4 is 17.4 Å². The van der Waals surface area contributed by atoms with Crippen molar-refractivity contribution in [2.45, 2.75) is 6.42 Å². The number of rotatable bonds is 5.